The number of nitrogens with zero attached hydrogens (tertiary/aromatic N) is 1. The van der Waals surface area contributed by atoms with Crippen molar-refractivity contribution in [1.29, 1.82) is 0 Å². The Balaban J connectivity index is 0.000000396. The van der Waals surface area contributed by atoms with Gasteiger partial charge in [-0.25, -0.2) is 0 Å². The topological polar surface area (TPSA) is 3.24 Å². The van der Waals surface area contributed by atoms with Crippen LogP contribution in [0, 0.1) is 0 Å². The molecular weight excluding hydrogens is 158 g/mol. The van der Waals surface area contributed by atoms with E-state index in [0.717, 1.165) is 6.54 Å². The van der Waals surface area contributed by atoms with E-state index in [-0.39, 0.29) is 0 Å². The third-order valence-corrected chi connectivity index (χ3v) is 2.02. The fourth-order valence-electron chi connectivity index (χ4n) is 1.41. The van der Waals surface area contributed by atoms with Crippen LogP contribution in [0.15, 0.2) is 30.3 Å². The summed E-state index contributed by atoms with van der Waals surface area (Å²) in [5.41, 5.74) is 2.65. The number of likely N-dealkylation sites (N-methyl/N-ethyl adjacent to an activating group) is 1. The maximum Gasteiger partial charge on any atom is 0.0439 e. The lowest BCUT2D eigenvalue weighted by molar-refractivity contribution is 1.02. The van der Waals surface area contributed by atoms with E-state index in [0.29, 0.717) is 0 Å². The number of fused-ring (bicyclic) bond motifs is 1. The fraction of sp³-hybridized carbons (Fsp3) is 0.333. The first kappa shape index (κ1) is 9.85. The predicted molar refractivity (Wildman–Crippen MR) is 60.1 cm³/mol. The zero-order valence-electron chi connectivity index (χ0n) is 8.62. The van der Waals surface area contributed by atoms with Crippen molar-refractivity contribution in [3.8, 4) is 0 Å². The summed E-state index contributed by atoms with van der Waals surface area (Å²) < 4.78 is 0. The van der Waals surface area contributed by atoms with Crippen molar-refractivity contribution in [2.24, 2.45) is 0 Å². The van der Waals surface area contributed by atoms with Gasteiger partial charge >= 0.3 is 0 Å². The maximum atomic E-state index is 2.25. The summed E-state index contributed by atoms with van der Waals surface area (Å²) in [6.45, 7) is 5.02. The summed E-state index contributed by atoms with van der Waals surface area (Å²) in [4.78, 5) is 2.25. The first-order valence-electron chi connectivity index (χ1n) is 4.84. The molecule has 1 aliphatic heterocycles. The van der Waals surface area contributed by atoms with E-state index in [9.17, 15) is 0 Å². The molecule has 1 aliphatic rings. The lowest BCUT2D eigenvalue weighted by Gasteiger charge is -2.22. The second-order valence-corrected chi connectivity index (χ2v) is 2.84. The third-order valence-electron chi connectivity index (χ3n) is 2.02. The minimum atomic E-state index is 1.02. The summed E-state index contributed by atoms with van der Waals surface area (Å²) in [6.07, 6.45) is 4.36. The quantitative estimate of drug-likeness (QED) is 0.585. The molecule has 1 heteroatoms. The lowest BCUT2D eigenvalue weighted by atomic mass is 10.1. The van der Waals surface area contributed by atoms with Crippen molar-refractivity contribution < 1.29 is 0 Å². The standard InChI is InChI=1S/C10H11N.C2H6/c1-11-8-4-6-9-5-2-3-7-10(9)11;1-2/h2-7H,8H2,1H3;1-2H3. The molecule has 0 atom stereocenters. The number of para-hydroxylation sites is 1. The van der Waals surface area contributed by atoms with Gasteiger partial charge in [-0.05, 0) is 11.6 Å². The van der Waals surface area contributed by atoms with E-state index in [2.05, 4.69) is 48.4 Å². The Morgan fingerprint density at radius 3 is 2.54 bits per heavy atom. The van der Waals surface area contributed by atoms with E-state index in [1.54, 1.807) is 0 Å². The van der Waals surface area contributed by atoms with E-state index < -0.39 is 0 Å². The van der Waals surface area contributed by atoms with Crippen LogP contribution >= 0.6 is 0 Å². The van der Waals surface area contributed by atoms with Crippen molar-refractivity contribution in [2.75, 3.05) is 18.5 Å². The Bertz CT molecular complexity index is 289. The van der Waals surface area contributed by atoms with Gasteiger partial charge in [0.15, 0.2) is 0 Å². The number of rotatable bonds is 0. The molecule has 0 radical (unpaired) electrons. The van der Waals surface area contributed by atoms with Crippen molar-refractivity contribution in [3.63, 3.8) is 0 Å². The highest BCUT2D eigenvalue weighted by molar-refractivity contribution is 5.70. The molecule has 0 amide bonds. The summed E-state index contributed by atoms with van der Waals surface area (Å²) >= 11 is 0. The van der Waals surface area contributed by atoms with Crippen LogP contribution in [0.2, 0.25) is 0 Å². The summed E-state index contributed by atoms with van der Waals surface area (Å²) in [5.74, 6) is 0. The summed E-state index contributed by atoms with van der Waals surface area (Å²) in [5, 5.41) is 0. The monoisotopic (exact) mass is 175 g/mol. The van der Waals surface area contributed by atoms with Gasteiger partial charge in [0.25, 0.3) is 0 Å². The van der Waals surface area contributed by atoms with Crippen molar-refractivity contribution >= 4 is 11.8 Å². The SMILES string of the molecule is CC.CN1CC=Cc2ccccc21. The number of benzene rings is 1. The Labute approximate surface area is 80.7 Å². The first-order valence-corrected chi connectivity index (χ1v) is 4.84. The van der Waals surface area contributed by atoms with Gasteiger partial charge in [-0.1, -0.05) is 44.2 Å². The molecule has 0 bridgehead atoms. The van der Waals surface area contributed by atoms with Gasteiger partial charge in [0.2, 0.25) is 0 Å². The second kappa shape index (κ2) is 4.70. The molecule has 0 N–H and O–H groups in total. The van der Waals surface area contributed by atoms with E-state index in [4.69, 9.17) is 0 Å². The van der Waals surface area contributed by atoms with Crippen LogP contribution < -0.4 is 4.90 Å². The van der Waals surface area contributed by atoms with Crippen LogP contribution in [0.5, 0.6) is 0 Å². The molecule has 1 aromatic rings. The molecule has 0 fully saturated rings. The average Bonchev–Trinajstić information content (AvgIpc) is 2.22. The van der Waals surface area contributed by atoms with Gasteiger partial charge in [0, 0.05) is 19.3 Å². The van der Waals surface area contributed by atoms with Crippen LogP contribution in [0.4, 0.5) is 5.69 Å². The largest absolute Gasteiger partial charge is 0.370 e. The molecular formula is C12H17N. The number of hydrogen-bond donors (Lipinski definition) is 0. The Morgan fingerprint density at radius 1 is 1.15 bits per heavy atom. The van der Waals surface area contributed by atoms with Crippen LogP contribution in [0.3, 0.4) is 0 Å². The fourth-order valence-corrected chi connectivity index (χ4v) is 1.41. The smallest absolute Gasteiger partial charge is 0.0439 e. The molecule has 2 rings (SSSR count). The Morgan fingerprint density at radius 2 is 1.85 bits per heavy atom. The third kappa shape index (κ3) is 2.11. The van der Waals surface area contributed by atoms with Gasteiger partial charge in [-0.2, -0.15) is 0 Å². The number of hydrogen-bond acceptors (Lipinski definition) is 1. The predicted octanol–water partition coefficient (Wildman–Crippen LogP) is 3.18. The molecule has 0 saturated carbocycles. The average molecular weight is 175 g/mol. The van der Waals surface area contributed by atoms with Gasteiger partial charge in [-0.3, -0.25) is 0 Å². The van der Waals surface area contributed by atoms with Crippen LogP contribution in [-0.2, 0) is 0 Å². The highest BCUT2D eigenvalue weighted by atomic mass is 15.1. The zero-order valence-corrected chi connectivity index (χ0v) is 8.62. The van der Waals surface area contributed by atoms with Crippen molar-refractivity contribution in [1.82, 2.24) is 0 Å². The van der Waals surface area contributed by atoms with E-state index in [1.807, 2.05) is 13.8 Å². The highest BCUT2D eigenvalue weighted by Crippen LogP contribution is 2.23. The first-order chi connectivity index (χ1) is 6.38. The van der Waals surface area contributed by atoms with Crippen molar-refractivity contribution in [3.05, 3.63) is 35.9 Å². The minimum Gasteiger partial charge on any atom is -0.370 e. The number of anilines is 1. The molecule has 13 heavy (non-hydrogen) atoms. The molecule has 1 nitrogen and oxygen atoms in total. The Kier molecular flexibility index (Phi) is 3.56. The van der Waals surface area contributed by atoms with Crippen molar-refractivity contribution in [2.45, 2.75) is 13.8 Å². The maximum absolute atomic E-state index is 2.25. The second-order valence-electron chi connectivity index (χ2n) is 2.84. The van der Waals surface area contributed by atoms with E-state index in [1.165, 1.54) is 11.3 Å². The molecule has 0 aliphatic carbocycles. The summed E-state index contributed by atoms with van der Waals surface area (Å²) in [7, 11) is 2.11. The molecule has 0 unspecified atom stereocenters. The Hall–Kier alpha value is -1.24. The van der Waals surface area contributed by atoms with Crippen LogP contribution in [0.1, 0.15) is 19.4 Å². The molecule has 1 aromatic carbocycles. The summed E-state index contributed by atoms with van der Waals surface area (Å²) in [6, 6.07) is 8.44. The minimum absolute atomic E-state index is 1.02. The van der Waals surface area contributed by atoms with Gasteiger partial charge in [0.05, 0.1) is 0 Å². The normalized spacial score (nSPS) is 13.0. The van der Waals surface area contributed by atoms with Crippen LogP contribution in [-0.4, -0.2) is 13.6 Å². The molecule has 0 aromatic heterocycles. The van der Waals surface area contributed by atoms with Gasteiger partial charge < -0.3 is 4.90 Å². The molecule has 0 saturated heterocycles. The highest BCUT2D eigenvalue weighted by Gasteiger charge is 2.06. The lowest BCUT2D eigenvalue weighted by Crippen LogP contribution is -2.19. The molecule has 0 spiro atoms. The van der Waals surface area contributed by atoms with Gasteiger partial charge in [0.1, 0.15) is 0 Å². The van der Waals surface area contributed by atoms with Gasteiger partial charge in [-0.15, -0.1) is 0 Å². The molecule has 70 valence electrons. The molecule has 1 heterocycles. The zero-order chi connectivity index (χ0) is 9.68. The van der Waals surface area contributed by atoms with E-state index >= 15 is 0 Å². The van der Waals surface area contributed by atoms with Crippen LogP contribution in [0.25, 0.3) is 6.08 Å².